The van der Waals surface area contributed by atoms with Crippen molar-refractivity contribution in [2.45, 2.75) is 20.4 Å². The zero-order valence-electron chi connectivity index (χ0n) is 11.6. The van der Waals surface area contributed by atoms with Gasteiger partial charge in [0.2, 0.25) is 0 Å². The molecule has 110 valence electrons. The largest absolute Gasteiger partial charge is 0.373 e. The Bertz CT molecular complexity index is 682. The molecule has 0 saturated heterocycles. The van der Waals surface area contributed by atoms with Gasteiger partial charge in [-0.2, -0.15) is 0 Å². The van der Waals surface area contributed by atoms with E-state index >= 15 is 0 Å². The number of anilines is 1. The average Bonchev–Trinajstić information content (AvgIpc) is 2.39. The van der Waals surface area contributed by atoms with Crippen LogP contribution in [0.1, 0.15) is 16.7 Å². The van der Waals surface area contributed by atoms with Gasteiger partial charge in [0.15, 0.2) is 5.82 Å². The number of hydrogen-bond donors (Lipinski definition) is 1. The van der Waals surface area contributed by atoms with Crippen LogP contribution in [0.5, 0.6) is 0 Å². The second-order valence-corrected chi connectivity index (χ2v) is 4.76. The van der Waals surface area contributed by atoms with Crippen molar-refractivity contribution in [2.75, 3.05) is 5.32 Å². The van der Waals surface area contributed by atoms with Crippen LogP contribution in [0.2, 0.25) is 0 Å². The molecule has 0 fully saturated rings. The minimum atomic E-state index is -0.979. The minimum Gasteiger partial charge on any atom is -0.373 e. The first-order valence-corrected chi connectivity index (χ1v) is 6.32. The molecule has 0 radical (unpaired) electrons. The lowest BCUT2D eigenvalue weighted by Gasteiger charge is -2.12. The molecule has 0 aliphatic rings. The smallest absolute Gasteiger partial charge is 0.298 e. The van der Waals surface area contributed by atoms with Gasteiger partial charge in [-0.15, -0.1) is 0 Å². The first-order valence-electron chi connectivity index (χ1n) is 6.32. The van der Waals surface area contributed by atoms with Crippen LogP contribution in [-0.4, -0.2) is 4.92 Å². The van der Waals surface area contributed by atoms with E-state index in [1.54, 1.807) is 0 Å². The van der Waals surface area contributed by atoms with Crippen LogP contribution >= 0.6 is 0 Å². The van der Waals surface area contributed by atoms with Crippen molar-refractivity contribution in [3.8, 4) is 0 Å². The monoisotopic (exact) mass is 292 g/mol. The maximum atomic E-state index is 13.8. The number of nitro groups is 1. The second-order valence-electron chi connectivity index (χ2n) is 4.76. The van der Waals surface area contributed by atoms with Crippen molar-refractivity contribution in [3.05, 3.63) is 68.8 Å². The van der Waals surface area contributed by atoms with Crippen LogP contribution in [0, 0.1) is 35.6 Å². The summed E-state index contributed by atoms with van der Waals surface area (Å²) in [4.78, 5) is 10.1. The Morgan fingerprint density at radius 2 is 1.81 bits per heavy atom. The number of aryl methyl sites for hydroxylation is 2. The summed E-state index contributed by atoms with van der Waals surface area (Å²) >= 11 is 0. The molecule has 0 aliphatic heterocycles. The SMILES string of the molecule is Cc1cccc(C)c1CNc1c(F)cc(F)cc1[N+](=O)[O-]. The lowest BCUT2D eigenvalue weighted by Crippen LogP contribution is -2.07. The van der Waals surface area contributed by atoms with Crippen molar-refractivity contribution >= 4 is 11.4 Å². The van der Waals surface area contributed by atoms with E-state index in [0.717, 1.165) is 16.7 Å². The van der Waals surface area contributed by atoms with Gasteiger partial charge < -0.3 is 5.32 Å². The quantitative estimate of drug-likeness (QED) is 0.681. The molecule has 0 unspecified atom stereocenters. The van der Waals surface area contributed by atoms with Crippen molar-refractivity contribution < 1.29 is 13.7 Å². The number of nitrogens with zero attached hydrogens (tertiary/aromatic N) is 1. The molecule has 21 heavy (non-hydrogen) atoms. The Labute approximate surface area is 120 Å². The van der Waals surface area contributed by atoms with E-state index in [2.05, 4.69) is 5.32 Å². The van der Waals surface area contributed by atoms with E-state index in [-0.39, 0.29) is 12.2 Å². The van der Waals surface area contributed by atoms with E-state index in [1.165, 1.54) is 0 Å². The van der Waals surface area contributed by atoms with Gasteiger partial charge in [0, 0.05) is 12.6 Å². The Morgan fingerprint density at radius 3 is 2.38 bits per heavy atom. The maximum absolute atomic E-state index is 13.8. The van der Waals surface area contributed by atoms with Crippen LogP contribution in [0.15, 0.2) is 30.3 Å². The Hall–Kier alpha value is -2.50. The first-order chi connectivity index (χ1) is 9.90. The number of nitrogens with one attached hydrogen (secondary N) is 1. The predicted molar refractivity (Wildman–Crippen MR) is 76.3 cm³/mol. The number of hydrogen-bond acceptors (Lipinski definition) is 3. The summed E-state index contributed by atoms with van der Waals surface area (Å²) in [5.41, 5.74) is 2.00. The fourth-order valence-corrected chi connectivity index (χ4v) is 2.18. The number of benzene rings is 2. The molecule has 0 spiro atoms. The molecular weight excluding hydrogens is 278 g/mol. The Kier molecular flexibility index (Phi) is 4.16. The normalized spacial score (nSPS) is 10.5. The summed E-state index contributed by atoms with van der Waals surface area (Å²) in [5.74, 6) is -1.95. The van der Waals surface area contributed by atoms with Crippen LogP contribution in [0.4, 0.5) is 20.2 Å². The van der Waals surface area contributed by atoms with Gasteiger partial charge in [0.1, 0.15) is 11.5 Å². The first kappa shape index (κ1) is 14.9. The van der Waals surface area contributed by atoms with Gasteiger partial charge in [-0.25, -0.2) is 8.78 Å². The van der Waals surface area contributed by atoms with E-state index in [0.29, 0.717) is 12.1 Å². The molecular formula is C15H14F2N2O2. The third-order valence-electron chi connectivity index (χ3n) is 3.32. The lowest BCUT2D eigenvalue weighted by molar-refractivity contribution is -0.384. The van der Waals surface area contributed by atoms with E-state index < -0.39 is 22.2 Å². The highest BCUT2D eigenvalue weighted by Crippen LogP contribution is 2.29. The number of halogens is 2. The Morgan fingerprint density at radius 1 is 1.19 bits per heavy atom. The summed E-state index contributed by atoms with van der Waals surface area (Å²) in [6, 6.07) is 7.03. The van der Waals surface area contributed by atoms with Crippen LogP contribution in [0.3, 0.4) is 0 Å². The van der Waals surface area contributed by atoms with Gasteiger partial charge in [-0.3, -0.25) is 10.1 Å². The minimum absolute atomic E-state index is 0.224. The van der Waals surface area contributed by atoms with Crippen LogP contribution in [-0.2, 0) is 6.54 Å². The third kappa shape index (κ3) is 3.16. The fourth-order valence-electron chi connectivity index (χ4n) is 2.18. The van der Waals surface area contributed by atoms with Gasteiger partial charge in [-0.05, 0) is 30.5 Å². The molecule has 0 atom stereocenters. The molecule has 2 aromatic carbocycles. The van der Waals surface area contributed by atoms with Crippen LogP contribution < -0.4 is 5.32 Å². The molecule has 0 bridgehead atoms. The van der Waals surface area contributed by atoms with Crippen molar-refractivity contribution in [3.63, 3.8) is 0 Å². The molecule has 0 heterocycles. The molecule has 0 saturated carbocycles. The van der Waals surface area contributed by atoms with Gasteiger partial charge in [0.05, 0.1) is 11.0 Å². The molecule has 4 nitrogen and oxygen atoms in total. The zero-order chi connectivity index (χ0) is 15.6. The van der Waals surface area contributed by atoms with E-state index in [4.69, 9.17) is 0 Å². The lowest BCUT2D eigenvalue weighted by atomic mass is 10.0. The van der Waals surface area contributed by atoms with Crippen LogP contribution in [0.25, 0.3) is 0 Å². The topological polar surface area (TPSA) is 55.2 Å². The summed E-state index contributed by atoms with van der Waals surface area (Å²) in [6.07, 6.45) is 0. The maximum Gasteiger partial charge on any atom is 0.298 e. The third-order valence-corrected chi connectivity index (χ3v) is 3.32. The van der Waals surface area contributed by atoms with Gasteiger partial charge >= 0.3 is 0 Å². The van der Waals surface area contributed by atoms with Gasteiger partial charge in [-0.1, -0.05) is 18.2 Å². The molecule has 1 N–H and O–H groups in total. The highest BCUT2D eigenvalue weighted by Gasteiger charge is 2.20. The second kappa shape index (κ2) is 5.87. The molecule has 0 amide bonds. The standard InChI is InChI=1S/C15H14F2N2O2/c1-9-4-3-5-10(2)12(9)8-18-15-13(17)6-11(16)7-14(15)19(20)21/h3-7,18H,8H2,1-2H3. The summed E-state index contributed by atoms with van der Waals surface area (Å²) in [7, 11) is 0. The fraction of sp³-hybridized carbons (Fsp3) is 0.200. The molecule has 0 aromatic heterocycles. The van der Waals surface area contributed by atoms with Gasteiger partial charge in [0.25, 0.3) is 5.69 Å². The highest BCUT2D eigenvalue weighted by atomic mass is 19.1. The average molecular weight is 292 g/mol. The van der Waals surface area contributed by atoms with Crippen molar-refractivity contribution in [1.29, 1.82) is 0 Å². The van der Waals surface area contributed by atoms with Crippen molar-refractivity contribution in [2.24, 2.45) is 0 Å². The molecule has 0 aliphatic carbocycles. The number of rotatable bonds is 4. The van der Waals surface area contributed by atoms with E-state index in [9.17, 15) is 18.9 Å². The highest BCUT2D eigenvalue weighted by molar-refractivity contribution is 5.62. The summed E-state index contributed by atoms with van der Waals surface area (Å²) in [5, 5.41) is 13.6. The summed E-state index contributed by atoms with van der Waals surface area (Å²) in [6.45, 7) is 4.03. The molecule has 6 heteroatoms. The summed E-state index contributed by atoms with van der Waals surface area (Å²) < 4.78 is 26.9. The van der Waals surface area contributed by atoms with E-state index in [1.807, 2.05) is 32.0 Å². The Balaban J connectivity index is 2.34. The number of nitro benzene ring substituents is 1. The molecule has 2 aromatic rings. The van der Waals surface area contributed by atoms with Crippen molar-refractivity contribution in [1.82, 2.24) is 0 Å². The zero-order valence-corrected chi connectivity index (χ0v) is 11.6. The molecule has 2 rings (SSSR count). The predicted octanol–water partition coefficient (Wildman–Crippen LogP) is 4.10.